The minimum Gasteiger partial charge on any atom is -0.396 e. The summed E-state index contributed by atoms with van der Waals surface area (Å²) in [4.78, 5) is 0. The van der Waals surface area contributed by atoms with Crippen LogP contribution < -0.4 is 5.32 Å². The van der Waals surface area contributed by atoms with E-state index >= 15 is 0 Å². The summed E-state index contributed by atoms with van der Waals surface area (Å²) in [6, 6.07) is 10.3. The van der Waals surface area contributed by atoms with Crippen LogP contribution in [0.2, 0.25) is 0 Å². The van der Waals surface area contributed by atoms with Crippen molar-refractivity contribution in [2.45, 2.75) is 19.3 Å². The Kier molecular flexibility index (Phi) is 4.97. The molecule has 18 heavy (non-hydrogen) atoms. The molecule has 0 bridgehead atoms. The Labute approximate surface area is 110 Å². The zero-order valence-electron chi connectivity index (χ0n) is 10.9. The molecule has 0 spiro atoms. The van der Waals surface area contributed by atoms with Gasteiger partial charge in [0.15, 0.2) is 0 Å². The van der Waals surface area contributed by atoms with E-state index in [4.69, 9.17) is 0 Å². The summed E-state index contributed by atoms with van der Waals surface area (Å²) in [5.74, 6) is 1.14. The highest BCUT2D eigenvalue weighted by atomic mass is 16.3. The molecule has 2 atom stereocenters. The maximum absolute atomic E-state index is 9.28. The lowest BCUT2D eigenvalue weighted by Gasteiger charge is -2.18. The molecule has 0 radical (unpaired) electrons. The summed E-state index contributed by atoms with van der Waals surface area (Å²) in [5, 5.41) is 12.8. The number of rotatable bonds is 6. The van der Waals surface area contributed by atoms with Gasteiger partial charge in [-0.1, -0.05) is 43.3 Å². The van der Waals surface area contributed by atoms with Crippen molar-refractivity contribution < 1.29 is 5.11 Å². The molecule has 1 aliphatic rings. The predicted octanol–water partition coefficient (Wildman–Crippen LogP) is 2.70. The standard InChI is InChI=1S/C16H23NO/c1-13(14-6-3-2-4-7-14)10-17-11-15-8-5-9-16(15)12-18/h2-4,6-7,15-18H,1,5,8-12H2. The average Bonchev–Trinajstić information content (AvgIpc) is 2.87. The molecule has 0 saturated heterocycles. The van der Waals surface area contributed by atoms with Crippen LogP contribution >= 0.6 is 0 Å². The van der Waals surface area contributed by atoms with Gasteiger partial charge in [0.25, 0.3) is 0 Å². The Balaban J connectivity index is 1.74. The number of aliphatic hydroxyl groups excluding tert-OH is 1. The van der Waals surface area contributed by atoms with Crippen molar-refractivity contribution in [3.63, 3.8) is 0 Å². The van der Waals surface area contributed by atoms with Crippen molar-refractivity contribution in [2.75, 3.05) is 19.7 Å². The molecule has 2 rings (SSSR count). The molecular formula is C16H23NO. The van der Waals surface area contributed by atoms with E-state index in [-0.39, 0.29) is 0 Å². The van der Waals surface area contributed by atoms with E-state index in [2.05, 4.69) is 24.0 Å². The summed E-state index contributed by atoms with van der Waals surface area (Å²) in [7, 11) is 0. The zero-order valence-corrected chi connectivity index (χ0v) is 10.9. The predicted molar refractivity (Wildman–Crippen MR) is 76.3 cm³/mol. The van der Waals surface area contributed by atoms with Crippen LogP contribution in [-0.2, 0) is 0 Å². The van der Waals surface area contributed by atoms with Gasteiger partial charge in [-0.05, 0) is 42.4 Å². The Morgan fingerprint density at radius 1 is 1.22 bits per heavy atom. The third kappa shape index (κ3) is 3.44. The van der Waals surface area contributed by atoms with Gasteiger partial charge in [-0.25, -0.2) is 0 Å². The second kappa shape index (κ2) is 6.72. The number of nitrogens with one attached hydrogen (secondary N) is 1. The molecule has 0 aliphatic heterocycles. The summed E-state index contributed by atoms with van der Waals surface area (Å²) in [6.45, 7) is 6.28. The van der Waals surface area contributed by atoms with Crippen LogP contribution in [0.1, 0.15) is 24.8 Å². The van der Waals surface area contributed by atoms with Gasteiger partial charge in [0.2, 0.25) is 0 Å². The first-order valence-electron chi connectivity index (χ1n) is 6.86. The molecule has 0 aromatic heterocycles. The normalized spacial score (nSPS) is 23.2. The van der Waals surface area contributed by atoms with Crippen molar-refractivity contribution >= 4 is 5.57 Å². The molecule has 2 nitrogen and oxygen atoms in total. The van der Waals surface area contributed by atoms with Gasteiger partial charge in [0, 0.05) is 13.2 Å². The van der Waals surface area contributed by atoms with Gasteiger partial charge in [-0.15, -0.1) is 0 Å². The fourth-order valence-electron chi connectivity index (χ4n) is 2.81. The van der Waals surface area contributed by atoms with Gasteiger partial charge in [-0.2, -0.15) is 0 Å². The van der Waals surface area contributed by atoms with E-state index in [1.165, 1.54) is 24.8 Å². The van der Waals surface area contributed by atoms with Crippen molar-refractivity contribution in [2.24, 2.45) is 11.8 Å². The van der Waals surface area contributed by atoms with Crippen molar-refractivity contribution in [3.05, 3.63) is 42.5 Å². The first kappa shape index (κ1) is 13.3. The number of hydrogen-bond donors (Lipinski definition) is 2. The van der Waals surface area contributed by atoms with E-state index in [0.29, 0.717) is 18.4 Å². The van der Waals surface area contributed by atoms with Gasteiger partial charge in [0.1, 0.15) is 0 Å². The van der Waals surface area contributed by atoms with Crippen LogP contribution in [-0.4, -0.2) is 24.8 Å². The van der Waals surface area contributed by atoms with Gasteiger partial charge < -0.3 is 10.4 Å². The summed E-state index contributed by atoms with van der Waals surface area (Å²) in [6.07, 6.45) is 3.69. The van der Waals surface area contributed by atoms with Crippen molar-refractivity contribution in [1.82, 2.24) is 5.32 Å². The molecule has 0 amide bonds. The number of hydrogen-bond acceptors (Lipinski definition) is 2. The molecule has 1 aromatic carbocycles. The minimum atomic E-state index is 0.339. The second-order valence-corrected chi connectivity index (χ2v) is 5.23. The fraction of sp³-hybridized carbons (Fsp3) is 0.500. The molecular weight excluding hydrogens is 222 g/mol. The second-order valence-electron chi connectivity index (χ2n) is 5.23. The summed E-state index contributed by atoms with van der Waals surface area (Å²) < 4.78 is 0. The van der Waals surface area contributed by atoms with Crippen molar-refractivity contribution in [1.29, 1.82) is 0 Å². The minimum absolute atomic E-state index is 0.339. The quantitative estimate of drug-likeness (QED) is 0.807. The van der Waals surface area contributed by atoms with E-state index in [1.54, 1.807) is 0 Å². The van der Waals surface area contributed by atoms with Gasteiger partial charge in [-0.3, -0.25) is 0 Å². The molecule has 1 fully saturated rings. The van der Waals surface area contributed by atoms with Crippen LogP contribution in [0.5, 0.6) is 0 Å². The van der Waals surface area contributed by atoms with Crippen LogP contribution in [0.3, 0.4) is 0 Å². The van der Waals surface area contributed by atoms with Crippen LogP contribution in [0, 0.1) is 11.8 Å². The lowest BCUT2D eigenvalue weighted by molar-refractivity contribution is 0.193. The monoisotopic (exact) mass is 245 g/mol. The smallest absolute Gasteiger partial charge is 0.0462 e. The largest absolute Gasteiger partial charge is 0.396 e. The van der Waals surface area contributed by atoms with E-state index < -0.39 is 0 Å². The fourth-order valence-corrected chi connectivity index (χ4v) is 2.81. The highest BCUT2D eigenvalue weighted by Crippen LogP contribution is 2.30. The Bertz CT molecular complexity index is 374. The maximum Gasteiger partial charge on any atom is 0.0462 e. The molecule has 1 saturated carbocycles. The van der Waals surface area contributed by atoms with Crippen LogP contribution in [0.4, 0.5) is 0 Å². The SMILES string of the molecule is C=C(CNCC1CCCC1CO)c1ccccc1. The molecule has 2 heteroatoms. The summed E-state index contributed by atoms with van der Waals surface area (Å²) in [5.41, 5.74) is 2.34. The Hall–Kier alpha value is -1.12. The van der Waals surface area contributed by atoms with E-state index in [0.717, 1.165) is 18.7 Å². The third-order valence-corrected chi connectivity index (χ3v) is 3.98. The van der Waals surface area contributed by atoms with Crippen LogP contribution in [0.25, 0.3) is 5.57 Å². The lowest BCUT2D eigenvalue weighted by atomic mass is 9.97. The topological polar surface area (TPSA) is 32.3 Å². The molecule has 0 heterocycles. The van der Waals surface area contributed by atoms with Gasteiger partial charge in [0.05, 0.1) is 0 Å². The molecule has 1 aromatic rings. The average molecular weight is 245 g/mol. The summed E-state index contributed by atoms with van der Waals surface area (Å²) >= 11 is 0. The van der Waals surface area contributed by atoms with Gasteiger partial charge >= 0.3 is 0 Å². The third-order valence-electron chi connectivity index (χ3n) is 3.98. The number of aliphatic hydroxyl groups is 1. The highest BCUT2D eigenvalue weighted by molar-refractivity contribution is 5.64. The zero-order chi connectivity index (χ0) is 12.8. The maximum atomic E-state index is 9.28. The first-order valence-corrected chi connectivity index (χ1v) is 6.86. The molecule has 2 unspecified atom stereocenters. The lowest BCUT2D eigenvalue weighted by Crippen LogP contribution is -2.27. The Morgan fingerprint density at radius 2 is 1.94 bits per heavy atom. The molecule has 1 aliphatic carbocycles. The van der Waals surface area contributed by atoms with Crippen LogP contribution in [0.15, 0.2) is 36.9 Å². The first-order chi connectivity index (χ1) is 8.81. The van der Waals surface area contributed by atoms with Crippen molar-refractivity contribution in [3.8, 4) is 0 Å². The van der Waals surface area contributed by atoms with E-state index in [9.17, 15) is 5.11 Å². The highest BCUT2D eigenvalue weighted by Gasteiger charge is 2.25. The number of benzene rings is 1. The Morgan fingerprint density at radius 3 is 2.67 bits per heavy atom. The molecule has 98 valence electrons. The van der Waals surface area contributed by atoms with E-state index in [1.807, 2.05) is 18.2 Å². The molecule has 2 N–H and O–H groups in total.